The number of hydrogen-bond donors (Lipinski definition) is 1. The molecule has 118 valence electrons. The number of likely N-dealkylation sites (tertiary alicyclic amines) is 1. The summed E-state index contributed by atoms with van der Waals surface area (Å²) in [6, 6.07) is 7.72. The number of fused-ring (bicyclic) bond motifs is 1. The van der Waals surface area contributed by atoms with Crippen LogP contribution >= 0.6 is 0 Å². The molecule has 6 nitrogen and oxygen atoms in total. The minimum Gasteiger partial charge on any atom is -0.361 e. The summed E-state index contributed by atoms with van der Waals surface area (Å²) in [7, 11) is 0. The van der Waals surface area contributed by atoms with Crippen LogP contribution in [0.1, 0.15) is 46.4 Å². The van der Waals surface area contributed by atoms with Gasteiger partial charge in [0, 0.05) is 17.5 Å². The van der Waals surface area contributed by atoms with Gasteiger partial charge in [-0.2, -0.15) is 5.10 Å². The van der Waals surface area contributed by atoms with Crippen molar-refractivity contribution in [3.05, 3.63) is 47.0 Å². The maximum absolute atomic E-state index is 13.0. The van der Waals surface area contributed by atoms with Crippen molar-refractivity contribution >= 4 is 16.8 Å². The van der Waals surface area contributed by atoms with Crippen LogP contribution in [0.5, 0.6) is 0 Å². The van der Waals surface area contributed by atoms with E-state index in [1.165, 1.54) is 0 Å². The van der Waals surface area contributed by atoms with Crippen LogP contribution in [0.3, 0.4) is 0 Å². The van der Waals surface area contributed by atoms with Gasteiger partial charge in [0.15, 0.2) is 5.69 Å². The molecule has 2 aromatic heterocycles. The Morgan fingerprint density at radius 1 is 1.35 bits per heavy atom. The Bertz CT molecular complexity index is 860. The molecule has 0 unspecified atom stereocenters. The third-order valence-corrected chi connectivity index (χ3v) is 4.61. The molecule has 1 amide bonds. The number of nitrogens with one attached hydrogen (secondary N) is 1. The first kappa shape index (κ1) is 14.0. The van der Waals surface area contributed by atoms with Crippen molar-refractivity contribution in [3.8, 4) is 0 Å². The van der Waals surface area contributed by atoms with E-state index in [4.69, 9.17) is 4.52 Å². The molecule has 0 saturated carbocycles. The number of nitrogens with zero attached hydrogens (tertiary/aromatic N) is 3. The van der Waals surface area contributed by atoms with E-state index in [0.29, 0.717) is 5.69 Å². The first-order valence-corrected chi connectivity index (χ1v) is 7.83. The van der Waals surface area contributed by atoms with Crippen molar-refractivity contribution in [1.29, 1.82) is 0 Å². The Labute approximate surface area is 133 Å². The molecule has 1 saturated heterocycles. The Balaban J connectivity index is 1.73. The Hall–Kier alpha value is -2.63. The fourth-order valence-electron chi connectivity index (χ4n) is 3.54. The lowest BCUT2D eigenvalue weighted by Crippen LogP contribution is -2.31. The van der Waals surface area contributed by atoms with Crippen LogP contribution in [0.2, 0.25) is 0 Å². The van der Waals surface area contributed by atoms with Gasteiger partial charge in [-0.05, 0) is 32.8 Å². The Kier molecular flexibility index (Phi) is 3.18. The lowest BCUT2D eigenvalue weighted by Gasteiger charge is -2.24. The third kappa shape index (κ3) is 2.13. The van der Waals surface area contributed by atoms with E-state index in [2.05, 4.69) is 15.4 Å². The summed E-state index contributed by atoms with van der Waals surface area (Å²) in [6.45, 7) is 4.56. The maximum atomic E-state index is 13.0. The van der Waals surface area contributed by atoms with Gasteiger partial charge in [0.05, 0.1) is 17.3 Å². The van der Waals surface area contributed by atoms with Gasteiger partial charge >= 0.3 is 0 Å². The molecular formula is C17H18N4O2. The second kappa shape index (κ2) is 5.22. The lowest BCUT2D eigenvalue weighted by atomic mass is 10.0. The average molecular weight is 310 g/mol. The van der Waals surface area contributed by atoms with Crippen molar-refractivity contribution in [3.63, 3.8) is 0 Å². The predicted molar refractivity (Wildman–Crippen MR) is 85.1 cm³/mol. The molecule has 1 N–H and O–H groups in total. The third-order valence-electron chi connectivity index (χ3n) is 4.61. The fourth-order valence-corrected chi connectivity index (χ4v) is 3.54. The lowest BCUT2D eigenvalue weighted by molar-refractivity contribution is 0.0730. The number of carbonyl (C=O) groups is 1. The molecule has 1 aliphatic heterocycles. The highest BCUT2D eigenvalue weighted by atomic mass is 16.5. The summed E-state index contributed by atoms with van der Waals surface area (Å²) in [5, 5.41) is 12.1. The second-order valence-corrected chi connectivity index (χ2v) is 6.01. The standard InChI is InChI=1S/C17H18N4O2/c1-10-15(11(2)23-20-10)14-8-5-9-21(14)17(22)16-12-6-3-4-7-13(12)18-19-16/h3-4,6-7,14H,5,8-9H2,1-2H3,(H,18,19)/t14-/m0/s1. The largest absolute Gasteiger partial charge is 0.361 e. The molecule has 4 rings (SSSR count). The molecule has 1 atom stereocenters. The molecular weight excluding hydrogens is 292 g/mol. The minimum atomic E-state index is -0.0371. The van der Waals surface area contributed by atoms with Gasteiger partial charge in [0.25, 0.3) is 5.91 Å². The zero-order chi connectivity index (χ0) is 16.0. The van der Waals surface area contributed by atoms with E-state index >= 15 is 0 Å². The summed E-state index contributed by atoms with van der Waals surface area (Å²) in [4.78, 5) is 14.9. The van der Waals surface area contributed by atoms with Crippen LogP contribution in [0.15, 0.2) is 28.8 Å². The highest BCUT2D eigenvalue weighted by Gasteiger charge is 2.35. The normalized spacial score (nSPS) is 18.0. The topological polar surface area (TPSA) is 75.0 Å². The van der Waals surface area contributed by atoms with Crippen molar-refractivity contribution in [2.45, 2.75) is 32.7 Å². The van der Waals surface area contributed by atoms with Gasteiger partial charge in [-0.15, -0.1) is 0 Å². The van der Waals surface area contributed by atoms with Gasteiger partial charge in [-0.1, -0.05) is 23.4 Å². The number of aromatic nitrogens is 3. The molecule has 1 aliphatic rings. The van der Waals surface area contributed by atoms with Crippen LogP contribution in [-0.4, -0.2) is 32.7 Å². The number of aromatic amines is 1. The first-order valence-electron chi connectivity index (χ1n) is 7.83. The van der Waals surface area contributed by atoms with Crippen molar-refractivity contribution in [2.75, 3.05) is 6.54 Å². The molecule has 0 radical (unpaired) electrons. The number of rotatable bonds is 2. The van der Waals surface area contributed by atoms with Crippen molar-refractivity contribution in [1.82, 2.24) is 20.3 Å². The zero-order valence-electron chi connectivity index (χ0n) is 13.2. The summed E-state index contributed by atoms with van der Waals surface area (Å²) in [5.41, 5.74) is 3.26. The smallest absolute Gasteiger partial charge is 0.275 e. The number of carbonyl (C=O) groups excluding carboxylic acids is 1. The summed E-state index contributed by atoms with van der Waals surface area (Å²) in [5.74, 6) is 0.754. The number of para-hydroxylation sites is 1. The van der Waals surface area contributed by atoms with Crippen LogP contribution in [-0.2, 0) is 0 Å². The van der Waals surface area contributed by atoms with Crippen LogP contribution < -0.4 is 0 Å². The Morgan fingerprint density at radius 2 is 2.17 bits per heavy atom. The van der Waals surface area contributed by atoms with Gasteiger partial charge < -0.3 is 9.42 Å². The van der Waals surface area contributed by atoms with Gasteiger partial charge in [-0.25, -0.2) is 0 Å². The number of benzene rings is 1. The number of aryl methyl sites for hydroxylation is 2. The number of amides is 1. The molecule has 0 aliphatic carbocycles. The molecule has 0 spiro atoms. The highest BCUT2D eigenvalue weighted by molar-refractivity contribution is 6.04. The predicted octanol–water partition coefficient (Wildman–Crippen LogP) is 3.15. The van der Waals surface area contributed by atoms with Crippen LogP contribution in [0, 0.1) is 13.8 Å². The van der Waals surface area contributed by atoms with E-state index in [1.807, 2.05) is 43.0 Å². The van der Waals surface area contributed by atoms with E-state index in [-0.39, 0.29) is 11.9 Å². The Morgan fingerprint density at radius 3 is 2.96 bits per heavy atom. The number of hydrogen-bond acceptors (Lipinski definition) is 4. The maximum Gasteiger partial charge on any atom is 0.275 e. The quantitative estimate of drug-likeness (QED) is 0.789. The van der Waals surface area contributed by atoms with E-state index in [1.54, 1.807) is 0 Å². The number of H-pyrrole nitrogens is 1. The summed E-state index contributed by atoms with van der Waals surface area (Å²) in [6.07, 6.45) is 1.90. The molecule has 23 heavy (non-hydrogen) atoms. The average Bonchev–Trinajstić information content (AvgIpc) is 3.25. The van der Waals surface area contributed by atoms with Crippen LogP contribution in [0.4, 0.5) is 0 Å². The minimum absolute atomic E-state index is 0.0178. The molecule has 1 aromatic carbocycles. The van der Waals surface area contributed by atoms with E-state index in [0.717, 1.165) is 47.3 Å². The summed E-state index contributed by atoms with van der Waals surface area (Å²) < 4.78 is 5.29. The molecule has 1 fully saturated rings. The zero-order valence-corrected chi connectivity index (χ0v) is 13.2. The van der Waals surface area contributed by atoms with E-state index in [9.17, 15) is 4.79 Å². The molecule has 3 aromatic rings. The fraction of sp³-hybridized carbons (Fsp3) is 0.353. The monoisotopic (exact) mass is 310 g/mol. The SMILES string of the molecule is Cc1noc(C)c1[C@@H]1CCCN1C(=O)c1n[nH]c2ccccc12. The van der Waals surface area contributed by atoms with Crippen LogP contribution in [0.25, 0.3) is 10.9 Å². The van der Waals surface area contributed by atoms with E-state index < -0.39 is 0 Å². The van der Waals surface area contributed by atoms with Gasteiger partial charge in [0.1, 0.15) is 5.76 Å². The molecule has 3 heterocycles. The van der Waals surface area contributed by atoms with Gasteiger partial charge in [0.2, 0.25) is 0 Å². The molecule has 6 heteroatoms. The van der Waals surface area contributed by atoms with Gasteiger partial charge in [-0.3, -0.25) is 9.89 Å². The highest BCUT2D eigenvalue weighted by Crippen LogP contribution is 2.36. The first-order chi connectivity index (χ1) is 11.2. The molecule has 0 bridgehead atoms. The van der Waals surface area contributed by atoms with Crippen molar-refractivity contribution in [2.24, 2.45) is 0 Å². The second-order valence-electron chi connectivity index (χ2n) is 6.01. The summed E-state index contributed by atoms with van der Waals surface area (Å²) >= 11 is 0. The van der Waals surface area contributed by atoms with Crippen molar-refractivity contribution < 1.29 is 9.32 Å².